The number of benzene rings is 2. The zero-order chi connectivity index (χ0) is 14.8. The first-order valence-corrected chi connectivity index (χ1v) is 7.54. The Balaban J connectivity index is 1.91. The maximum atomic E-state index is 12.3. The van der Waals surface area contributed by atoms with Crippen LogP contribution in [0.5, 0.6) is 5.75 Å². The standard InChI is InChI=1S/C17H15BrO3/c1-20-10-11-3-2-4-12(7-11)16-9-15(19)14-6-5-13(18)8-17(14)21-16/h2-8,16H,9-10H2,1H3. The molecule has 0 saturated heterocycles. The molecule has 2 aromatic carbocycles. The van der Waals surface area contributed by atoms with E-state index in [1.807, 2.05) is 36.4 Å². The number of carbonyl (C=O) groups excluding carboxylic acids is 1. The van der Waals surface area contributed by atoms with E-state index in [4.69, 9.17) is 9.47 Å². The average Bonchev–Trinajstić information content (AvgIpc) is 2.47. The van der Waals surface area contributed by atoms with Crippen molar-refractivity contribution in [3.05, 3.63) is 63.6 Å². The van der Waals surface area contributed by atoms with Crippen molar-refractivity contribution in [2.75, 3.05) is 7.11 Å². The van der Waals surface area contributed by atoms with Crippen LogP contribution in [0.4, 0.5) is 0 Å². The van der Waals surface area contributed by atoms with Gasteiger partial charge in [-0.2, -0.15) is 0 Å². The molecular weight excluding hydrogens is 332 g/mol. The first kappa shape index (κ1) is 14.3. The molecule has 1 aliphatic rings. The second-order valence-corrected chi connectivity index (χ2v) is 5.97. The average molecular weight is 347 g/mol. The molecule has 0 saturated carbocycles. The third-order valence-corrected chi connectivity index (χ3v) is 4.01. The second kappa shape index (κ2) is 6.00. The summed E-state index contributed by atoms with van der Waals surface area (Å²) in [6, 6.07) is 13.5. The van der Waals surface area contributed by atoms with Crippen LogP contribution in [0.2, 0.25) is 0 Å². The number of Topliss-reactive ketones (excluding diaryl/α,β-unsaturated/α-hetero) is 1. The minimum absolute atomic E-state index is 0.117. The molecule has 1 heterocycles. The van der Waals surface area contributed by atoms with Crippen molar-refractivity contribution < 1.29 is 14.3 Å². The first-order chi connectivity index (χ1) is 10.2. The monoisotopic (exact) mass is 346 g/mol. The van der Waals surface area contributed by atoms with Gasteiger partial charge in [0.15, 0.2) is 5.78 Å². The van der Waals surface area contributed by atoms with Gasteiger partial charge in [0.25, 0.3) is 0 Å². The van der Waals surface area contributed by atoms with Crippen molar-refractivity contribution in [2.24, 2.45) is 0 Å². The topological polar surface area (TPSA) is 35.5 Å². The van der Waals surface area contributed by atoms with Crippen LogP contribution in [0.3, 0.4) is 0 Å². The number of fused-ring (bicyclic) bond motifs is 1. The largest absolute Gasteiger partial charge is 0.484 e. The molecule has 4 heteroatoms. The van der Waals surface area contributed by atoms with E-state index in [9.17, 15) is 4.79 Å². The number of methoxy groups -OCH3 is 1. The molecule has 108 valence electrons. The van der Waals surface area contributed by atoms with Gasteiger partial charge in [-0.25, -0.2) is 0 Å². The van der Waals surface area contributed by atoms with Crippen molar-refractivity contribution >= 4 is 21.7 Å². The molecular formula is C17H15BrO3. The van der Waals surface area contributed by atoms with E-state index >= 15 is 0 Å². The molecule has 0 aromatic heterocycles. The number of carbonyl (C=O) groups is 1. The summed E-state index contributed by atoms with van der Waals surface area (Å²) < 4.78 is 12.1. The van der Waals surface area contributed by atoms with Gasteiger partial charge in [0.2, 0.25) is 0 Å². The molecule has 0 fully saturated rings. The van der Waals surface area contributed by atoms with Crippen LogP contribution in [0.1, 0.15) is 34.0 Å². The molecule has 0 aliphatic carbocycles. The van der Waals surface area contributed by atoms with Gasteiger partial charge in [-0.05, 0) is 35.4 Å². The van der Waals surface area contributed by atoms with Crippen LogP contribution in [0.25, 0.3) is 0 Å². The molecule has 1 atom stereocenters. The Morgan fingerprint density at radius 1 is 1.29 bits per heavy atom. The van der Waals surface area contributed by atoms with Crippen molar-refractivity contribution in [3.63, 3.8) is 0 Å². The molecule has 1 aliphatic heterocycles. The molecule has 3 rings (SSSR count). The summed E-state index contributed by atoms with van der Waals surface area (Å²) in [4.78, 5) is 12.3. The van der Waals surface area contributed by atoms with Crippen molar-refractivity contribution in [1.82, 2.24) is 0 Å². The molecule has 0 bridgehead atoms. The Morgan fingerprint density at radius 3 is 2.95 bits per heavy atom. The van der Waals surface area contributed by atoms with Crippen LogP contribution in [0.15, 0.2) is 46.9 Å². The third-order valence-electron chi connectivity index (χ3n) is 3.52. The molecule has 0 radical (unpaired) electrons. The summed E-state index contributed by atoms with van der Waals surface area (Å²) in [5.41, 5.74) is 2.73. The first-order valence-electron chi connectivity index (χ1n) is 6.74. The minimum Gasteiger partial charge on any atom is -0.484 e. The molecule has 0 amide bonds. The van der Waals surface area contributed by atoms with Gasteiger partial charge < -0.3 is 9.47 Å². The molecule has 3 nitrogen and oxygen atoms in total. The number of ketones is 1. The van der Waals surface area contributed by atoms with Crippen LogP contribution in [-0.2, 0) is 11.3 Å². The highest BCUT2D eigenvalue weighted by molar-refractivity contribution is 9.10. The lowest BCUT2D eigenvalue weighted by molar-refractivity contribution is 0.0849. The van der Waals surface area contributed by atoms with Crippen molar-refractivity contribution in [2.45, 2.75) is 19.1 Å². The fourth-order valence-corrected chi connectivity index (χ4v) is 2.87. The molecule has 21 heavy (non-hydrogen) atoms. The van der Waals surface area contributed by atoms with Gasteiger partial charge in [-0.3, -0.25) is 4.79 Å². The molecule has 0 N–H and O–H groups in total. The Kier molecular flexibility index (Phi) is 4.08. The Labute approximate surface area is 132 Å². The lowest BCUT2D eigenvalue weighted by Crippen LogP contribution is -2.20. The predicted molar refractivity (Wildman–Crippen MR) is 83.6 cm³/mol. The number of ether oxygens (including phenoxy) is 2. The maximum Gasteiger partial charge on any atom is 0.170 e. The third kappa shape index (κ3) is 3.01. The lowest BCUT2D eigenvalue weighted by atomic mass is 9.95. The van der Waals surface area contributed by atoms with Gasteiger partial charge in [-0.15, -0.1) is 0 Å². The highest BCUT2D eigenvalue weighted by atomic mass is 79.9. The SMILES string of the molecule is COCc1cccc(C2CC(=O)c3ccc(Br)cc3O2)c1. The highest BCUT2D eigenvalue weighted by Crippen LogP contribution is 2.36. The Morgan fingerprint density at radius 2 is 2.14 bits per heavy atom. The van der Waals surface area contributed by atoms with Crippen molar-refractivity contribution in [1.29, 1.82) is 0 Å². The fraction of sp³-hybridized carbons (Fsp3) is 0.235. The maximum absolute atomic E-state index is 12.3. The van der Waals surface area contributed by atoms with Crippen LogP contribution >= 0.6 is 15.9 Å². The smallest absolute Gasteiger partial charge is 0.170 e. The summed E-state index contributed by atoms with van der Waals surface area (Å²) in [7, 11) is 1.67. The van der Waals surface area contributed by atoms with Crippen LogP contribution in [-0.4, -0.2) is 12.9 Å². The second-order valence-electron chi connectivity index (χ2n) is 5.05. The lowest BCUT2D eigenvalue weighted by Gasteiger charge is -2.26. The normalized spacial score (nSPS) is 17.2. The van der Waals surface area contributed by atoms with Gasteiger partial charge in [-0.1, -0.05) is 34.1 Å². The fourth-order valence-electron chi connectivity index (χ4n) is 2.53. The van der Waals surface area contributed by atoms with Crippen LogP contribution in [0, 0.1) is 0 Å². The van der Waals surface area contributed by atoms with Gasteiger partial charge in [0.1, 0.15) is 11.9 Å². The van der Waals surface area contributed by atoms with E-state index in [2.05, 4.69) is 15.9 Å². The minimum atomic E-state index is -0.240. The van der Waals surface area contributed by atoms with Gasteiger partial charge >= 0.3 is 0 Å². The van der Waals surface area contributed by atoms with Crippen LogP contribution < -0.4 is 4.74 Å². The summed E-state index contributed by atoms with van der Waals surface area (Å²) in [5, 5.41) is 0. The van der Waals surface area contributed by atoms with Gasteiger partial charge in [0.05, 0.1) is 18.6 Å². The summed E-state index contributed by atoms with van der Waals surface area (Å²) in [6.45, 7) is 0.552. The highest BCUT2D eigenvalue weighted by Gasteiger charge is 2.27. The summed E-state index contributed by atoms with van der Waals surface area (Å²) >= 11 is 3.41. The molecule has 1 unspecified atom stereocenters. The predicted octanol–water partition coefficient (Wildman–Crippen LogP) is 4.30. The molecule has 0 spiro atoms. The number of halogens is 1. The van der Waals surface area contributed by atoms with E-state index in [0.29, 0.717) is 24.3 Å². The van der Waals surface area contributed by atoms with E-state index in [-0.39, 0.29) is 11.9 Å². The number of rotatable bonds is 3. The molecule has 2 aromatic rings. The van der Waals surface area contributed by atoms with E-state index in [1.165, 1.54) is 0 Å². The zero-order valence-electron chi connectivity index (χ0n) is 11.6. The number of hydrogen-bond donors (Lipinski definition) is 0. The zero-order valence-corrected chi connectivity index (χ0v) is 13.2. The van der Waals surface area contributed by atoms with E-state index < -0.39 is 0 Å². The number of hydrogen-bond acceptors (Lipinski definition) is 3. The van der Waals surface area contributed by atoms with Crippen molar-refractivity contribution in [3.8, 4) is 5.75 Å². The summed E-state index contributed by atoms with van der Waals surface area (Å²) in [5.74, 6) is 0.758. The Hall–Kier alpha value is -1.65. The Bertz CT molecular complexity index is 681. The van der Waals surface area contributed by atoms with Gasteiger partial charge in [0, 0.05) is 11.6 Å². The summed E-state index contributed by atoms with van der Waals surface area (Å²) in [6.07, 6.45) is 0.126. The van der Waals surface area contributed by atoms with E-state index in [0.717, 1.165) is 15.6 Å². The quantitative estimate of drug-likeness (QED) is 0.830. The van der Waals surface area contributed by atoms with E-state index in [1.54, 1.807) is 13.2 Å².